The van der Waals surface area contributed by atoms with E-state index in [9.17, 15) is 0 Å². The molecule has 0 aliphatic heterocycles. The van der Waals surface area contributed by atoms with E-state index in [0.29, 0.717) is 12.5 Å². The first kappa shape index (κ1) is 13.7. The van der Waals surface area contributed by atoms with Crippen molar-refractivity contribution in [3.8, 4) is 0 Å². The van der Waals surface area contributed by atoms with Gasteiger partial charge in [-0.15, -0.1) is 11.6 Å². The standard InChI is InChI=1S/C10H18ClN3OS/c1-2-4-9-13-10(16-14-9)12-6-3-7-15-8-5-11/h2-8H2,1H3,(H,12,13,14). The second-order valence-electron chi connectivity index (χ2n) is 3.35. The number of nitrogens with zero attached hydrogens (tertiary/aromatic N) is 2. The molecule has 92 valence electrons. The summed E-state index contributed by atoms with van der Waals surface area (Å²) in [7, 11) is 0. The molecule has 0 saturated heterocycles. The minimum absolute atomic E-state index is 0.560. The topological polar surface area (TPSA) is 47.0 Å². The van der Waals surface area contributed by atoms with Crippen LogP contribution in [0.15, 0.2) is 0 Å². The number of aryl methyl sites for hydroxylation is 1. The monoisotopic (exact) mass is 263 g/mol. The Hall–Kier alpha value is -0.390. The van der Waals surface area contributed by atoms with Crippen molar-refractivity contribution in [1.29, 1.82) is 0 Å². The molecule has 0 aliphatic carbocycles. The molecule has 1 aromatic rings. The molecule has 0 amide bonds. The zero-order valence-corrected chi connectivity index (χ0v) is 11.1. The van der Waals surface area contributed by atoms with E-state index in [1.165, 1.54) is 11.5 Å². The summed E-state index contributed by atoms with van der Waals surface area (Å²) in [5, 5.41) is 4.14. The molecule has 0 aromatic carbocycles. The number of hydrogen-bond donors (Lipinski definition) is 1. The van der Waals surface area contributed by atoms with Crippen LogP contribution in [-0.2, 0) is 11.2 Å². The summed E-state index contributed by atoms with van der Waals surface area (Å²) in [4.78, 5) is 4.37. The molecule has 0 unspecified atom stereocenters. The van der Waals surface area contributed by atoms with Crippen LogP contribution in [-0.4, -0.2) is 35.0 Å². The highest BCUT2D eigenvalue weighted by Gasteiger charge is 2.01. The Kier molecular flexibility index (Phi) is 7.46. The Balaban J connectivity index is 2.07. The van der Waals surface area contributed by atoms with Crippen molar-refractivity contribution in [2.45, 2.75) is 26.2 Å². The number of aromatic nitrogens is 2. The SMILES string of the molecule is CCCc1nsc(NCCCOCCCl)n1. The molecule has 1 heterocycles. The predicted octanol–water partition coefficient (Wildman–Crippen LogP) is 2.55. The number of anilines is 1. The zero-order valence-electron chi connectivity index (χ0n) is 9.54. The Morgan fingerprint density at radius 1 is 1.44 bits per heavy atom. The van der Waals surface area contributed by atoms with Crippen molar-refractivity contribution in [2.75, 3.05) is 31.0 Å². The van der Waals surface area contributed by atoms with Crippen molar-refractivity contribution >= 4 is 28.3 Å². The first-order valence-electron chi connectivity index (χ1n) is 5.57. The smallest absolute Gasteiger partial charge is 0.202 e. The van der Waals surface area contributed by atoms with Crippen LogP contribution >= 0.6 is 23.1 Å². The quantitative estimate of drug-likeness (QED) is 0.549. The number of ether oxygens (including phenoxy) is 1. The first-order valence-corrected chi connectivity index (χ1v) is 6.87. The third kappa shape index (κ3) is 5.63. The summed E-state index contributed by atoms with van der Waals surface area (Å²) in [6.45, 7) is 4.35. The Morgan fingerprint density at radius 3 is 3.06 bits per heavy atom. The Bertz CT molecular complexity index is 283. The number of halogens is 1. The van der Waals surface area contributed by atoms with E-state index in [4.69, 9.17) is 16.3 Å². The normalized spacial score (nSPS) is 10.6. The first-order chi connectivity index (χ1) is 7.86. The highest BCUT2D eigenvalue weighted by molar-refractivity contribution is 7.09. The molecule has 4 nitrogen and oxygen atoms in total. The van der Waals surface area contributed by atoms with Crippen LogP contribution in [0.4, 0.5) is 5.13 Å². The lowest BCUT2D eigenvalue weighted by atomic mass is 10.3. The van der Waals surface area contributed by atoms with Crippen LogP contribution in [0.5, 0.6) is 0 Å². The van der Waals surface area contributed by atoms with Crippen LogP contribution in [0.25, 0.3) is 0 Å². The van der Waals surface area contributed by atoms with Crippen LogP contribution < -0.4 is 5.32 Å². The van der Waals surface area contributed by atoms with Gasteiger partial charge in [-0.2, -0.15) is 4.37 Å². The molecule has 0 saturated carbocycles. The van der Waals surface area contributed by atoms with E-state index in [-0.39, 0.29) is 0 Å². The lowest BCUT2D eigenvalue weighted by Gasteiger charge is -2.02. The fourth-order valence-electron chi connectivity index (χ4n) is 1.18. The number of hydrogen-bond acceptors (Lipinski definition) is 5. The van der Waals surface area contributed by atoms with Gasteiger partial charge in [-0.05, 0) is 12.8 Å². The van der Waals surface area contributed by atoms with Gasteiger partial charge in [0.1, 0.15) is 5.82 Å². The molecule has 0 fully saturated rings. The molecule has 0 radical (unpaired) electrons. The Labute approximate surface area is 106 Å². The van der Waals surface area contributed by atoms with Crippen LogP contribution in [0.3, 0.4) is 0 Å². The maximum atomic E-state index is 5.49. The van der Waals surface area contributed by atoms with Gasteiger partial charge >= 0.3 is 0 Å². The van der Waals surface area contributed by atoms with E-state index in [1.807, 2.05) is 0 Å². The number of rotatable bonds is 9. The van der Waals surface area contributed by atoms with Gasteiger partial charge in [-0.1, -0.05) is 6.92 Å². The summed E-state index contributed by atoms with van der Waals surface area (Å²) in [6, 6.07) is 0. The molecule has 0 spiro atoms. The number of nitrogens with one attached hydrogen (secondary N) is 1. The van der Waals surface area contributed by atoms with Crippen molar-refractivity contribution in [2.24, 2.45) is 0 Å². The van der Waals surface area contributed by atoms with Crippen molar-refractivity contribution < 1.29 is 4.74 Å². The van der Waals surface area contributed by atoms with Gasteiger partial charge in [0, 0.05) is 37.0 Å². The van der Waals surface area contributed by atoms with Gasteiger partial charge in [0.25, 0.3) is 0 Å². The minimum Gasteiger partial charge on any atom is -0.380 e. The second-order valence-corrected chi connectivity index (χ2v) is 4.48. The highest BCUT2D eigenvalue weighted by atomic mass is 35.5. The molecule has 1 aromatic heterocycles. The highest BCUT2D eigenvalue weighted by Crippen LogP contribution is 2.11. The van der Waals surface area contributed by atoms with E-state index in [0.717, 1.165) is 43.4 Å². The molecule has 0 bridgehead atoms. The maximum absolute atomic E-state index is 5.49. The van der Waals surface area contributed by atoms with Gasteiger partial charge in [0.2, 0.25) is 5.13 Å². The molecule has 0 atom stereocenters. The van der Waals surface area contributed by atoms with Crippen molar-refractivity contribution in [1.82, 2.24) is 9.36 Å². The van der Waals surface area contributed by atoms with Crippen LogP contribution in [0.2, 0.25) is 0 Å². The lowest BCUT2D eigenvalue weighted by molar-refractivity contribution is 0.149. The van der Waals surface area contributed by atoms with Gasteiger partial charge in [-0.3, -0.25) is 0 Å². The zero-order chi connectivity index (χ0) is 11.6. The summed E-state index contributed by atoms with van der Waals surface area (Å²) in [5.41, 5.74) is 0. The summed E-state index contributed by atoms with van der Waals surface area (Å²) < 4.78 is 9.51. The van der Waals surface area contributed by atoms with Gasteiger partial charge in [0.05, 0.1) is 6.61 Å². The van der Waals surface area contributed by atoms with Gasteiger partial charge < -0.3 is 10.1 Å². The van der Waals surface area contributed by atoms with Crippen molar-refractivity contribution in [3.05, 3.63) is 5.82 Å². The second kappa shape index (κ2) is 8.73. The summed E-state index contributed by atoms with van der Waals surface area (Å²) >= 11 is 6.91. The van der Waals surface area contributed by atoms with Gasteiger partial charge in [0.15, 0.2) is 0 Å². The van der Waals surface area contributed by atoms with E-state index < -0.39 is 0 Å². The molecular weight excluding hydrogens is 246 g/mol. The molecule has 6 heteroatoms. The average molecular weight is 264 g/mol. The predicted molar refractivity (Wildman–Crippen MR) is 68.5 cm³/mol. The summed E-state index contributed by atoms with van der Waals surface area (Å²) in [6.07, 6.45) is 3.00. The van der Waals surface area contributed by atoms with Crippen molar-refractivity contribution in [3.63, 3.8) is 0 Å². The number of alkyl halides is 1. The van der Waals surface area contributed by atoms with Gasteiger partial charge in [-0.25, -0.2) is 4.98 Å². The largest absolute Gasteiger partial charge is 0.380 e. The fraction of sp³-hybridized carbons (Fsp3) is 0.800. The van der Waals surface area contributed by atoms with E-state index in [1.54, 1.807) is 0 Å². The minimum atomic E-state index is 0.560. The Morgan fingerprint density at radius 2 is 2.31 bits per heavy atom. The average Bonchev–Trinajstić information content (AvgIpc) is 2.72. The molecule has 0 aliphatic rings. The van der Waals surface area contributed by atoms with E-state index in [2.05, 4.69) is 21.6 Å². The third-order valence-corrected chi connectivity index (χ3v) is 2.77. The van der Waals surface area contributed by atoms with Crippen LogP contribution in [0.1, 0.15) is 25.6 Å². The maximum Gasteiger partial charge on any atom is 0.202 e. The summed E-state index contributed by atoms with van der Waals surface area (Å²) in [5.74, 6) is 1.50. The lowest BCUT2D eigenvalue weighted by Crippen LogP contribution is -2.06. The van der Waals surface area contributed by atoms with E-state index >= 15 is 0 Å². The molecular formula is C10H18ClN3OS. The van der Waals surface area contributed by atoms with Crippen LogP contribution in [0, 0.1) is 0 Å². The molecule has 1 N–H and O–H groups in total. The molecule has 1 rings (SSSR count). The fourth-order valence-corrected chi connectivity index (χ4v) is 1.92. The third-order valence-electron chi connectivity index (χ3n) is 1.90. The molecule has 16 heavy (non-hydrogen) atoms.